The molecule has 1 aromatic heterocycles. The van der Waals surface area contributed by atoms with Crippen LogP contribution in [0.2, 0.25) is 0 Å². The predicted octanol–water partition coefficient (Wildman–Crippen LogP) is 2.86. The quantitative estimate of drug-likeness (QED) is 0.652. The van der Waals surface area contributed by atoms with Crippen LogP contribution in [0.1, 0.15) is 38.5 Å². The Balaban J connectivity index is 1.95. The molecular weight excluding hydrogens is 254 g/mol. The van der Waals surface area contributed by atoms with Crippen LogP contribution in [0.5, 0.6) is 0 Å². The molecule has 1 aliphatic carbocycles. The van der Waals surface area contributed by atoms with Crippen molar-refractivity contribution in [2.75, 3.05) is 17.7 Å². The number of benzene rings is 1. The molecule has 0 radical (unpaired) electrons. The van der Waals surface area contributed by atoms with Crippen LogP contribution in [0.15, 0.2) is 21.3 Å². The second kappa shape index (κ2) is 5.23. The minimum Gasteiger partial charge on any atom is -0.408 e. The molecule has 0 saturated heterocycles. The molecule has 5 heteroatoms. The molecule has 5 nitrogen and oxygen atoms in total. The van der Waals surface area contributed by atoms with Crippen molar-refractivity contribution in [3.8, 4) is 0 Å². The first-order chi connectivity index (χ1) is 9.65. The first-order valence-corrected chi connectivity index (χ1v) is 7.30. The molecule has 3 rings (SSSR count). The van der Waals surface area contributed by atoms with E-state index in [-0.39, 0.29) is 0 Å². The normalized spacial score (nSPS) is 17.2. The summed E-state index contributed by atoms with van der Waals surface area (Å²) in [5.74, 6) is -0.436. The van der Waals surface area contributed by atoms with Gasteiger partial charge in [0.15, 0.2) is 5.58 Å². The summed E-state index contributed by atoms with van der Waals surface area (Å²) in [6, 6.07) is 4.17. The summed E-state index contributed by atoms with van der Waals surface area (Å²) in [6.07, 6.45) is 7.62. The molecule has 3 N–H and O–H groups in total. The van der Waals surface area contributed by atoms with Crippen molar-refractivity contribution in [2.24, 2.45) is 0 Å². The molecule has 20 heavy (non-hydrogen) atoms. The van der Waals surface area contributed by atoms with E-state index in [2.05, 4.69) is 16.9 Å². The summed E-state index contributed by atoms with van der Waals surface area (Å²) in [7, 11) is 2.09. The molecule has 1 aromatic carbocycles. The highest BCUT2D eigenvalue weighted by molar-refractivity contribution is 5.85. The smallest absolute Gasteiger partial charge is 0.408 e. The van der Waals surface area contributed by atoms with E-state index in [0.29, 0.717) is 22.8 Å². The summed E-state index contributed by atoms with van der Waals surface area (Å²) in [6.45, 7) is 0. The molecule has 2 aromatic rings. The van der Waals surface area contributed by atoms with Crippen LogP contribution in [-0.2, 0) is 0 Å². The zero-order chi connectivity index (χ0) is 14.1. The average Bonchev–Trinajstić information content (AvgIpc) is 2.64. The van der Waals surface area contributed by atoms with Crippen molar-refractivity contribution in [1.82, 2.24) is 4.98 Å². The fourth-order valence-electron chi connectivity index (χ4n) is 3.15. The van der Waals surface area contributed by atoms with Crippen LogP contribution in [0.4, 0.5) is 11.4 Å². The number of hydrogen-bond donors (Lipinski definition) is 2. The van der Waals surface area contributed by atoms with Gasteiger partial charge in [-0.05, 0) is 18.9 Å². The third-order valence-corrected chi connectivity index (χ3v) is 4.32. The number of oxazole rings is 1. The largest absolute Gasteiger partial charge is 0.417 e. The van der Waals surface area contributed by atoms with Gasteiger partial charge in [0.25, 0.3) is 0 Å². The van der Waals surface area contributed by atoms with Crippen LogP contribution in [0.25, 0.3) is 11.1 Å². The summed E-state index contributed by atoms with van der Waals surface area (Å²) in [4.78, 5) is 16.2. The molecule has 108 valence electrons. The average molecular weight is 275 g/mol. The van der Waals surface area contributed by atoms with Crippen molar-refractivity contribution < 1.29 is 4.42 Å². The molecule has 0 unspecified atom stereocenters. The zero-order valence-corrected chi connectivity index (χ0v) is 11.8. The highest BCUT2D eigenvalue weighted by atomic mass is 16.4. The number of nitrogens with two attached hydrogens (primary N) is 1. The predicted molar refractivity (Wildman–Crippen MR) is 81.1 cm³/mol. The number of H-pyrrole nitrogens is 1. The Bertz CT molecular complexity index is 651. The van der Waals surface area contributed by atoms with Crippen LogP contribution in [0, 0.1) is 0 Å². The van der Waals surface area contributed by atoms with Gasteiger partial charge >= 0.3 is 5.76 Å². The van der Waals surface area contributed by atoms with Gasteiger partial charge in [0.1, 0.15) is 0 Å². The number of anilines is 2. The molecule has 0 amide bonds. The Morgan fingerprint density at radius 3 is 2.65 bits per heavy atom. The lowest BCUT2D eigenvalue weighted by atomic mass is 10.1. The lowest BCUT2D eigenvalue weighted by molar-refractivity contribution is 0.552. The van der Waals surface area contributed by atoms with Gasteiger partial charge in [0, 0.05) is 19.2 Å². The molecule has 0 atom stereocenters. The lowest BCUT2D eigenvalue weighted by Gasteiger charge is -2.30. The lowest BCUT2D eigenvalue weighted by Crippen LogP contribution is -2.31. The fourth-order valence-corrected chi connectivity index (χ4v) is 3.15. The van der Waals surface area contributed by atoms with Crippen molar-refractivity contribution >= 4 is 22.5 Å². The van der Waals surface area contributed by atoms with Gasteiger partial charge in [-0.1, -0.05) is 25.7 Å². The second-order valence-electron chi connectivity index (χ2n) is 5.68. The summed E-state index contributed by atoms with van der Waals surface area (Å²) < 4.78 is 5.04. The van der Waals surface area contributed by atoms with Gasteiger partial charge in [-0.15, -0.1) is 0 Å². The molecule has 1 aliphatic rings. The standard InChI is InChI=1S/C15H21N3O2/c1-18(10-6-4-2-3-5-7-10)13-9-12-14(8-11(13)16)20-15(19)17-12/h8-10H,2-7,16H2,1H3,(H,17,19). The van der Waals surface area contributed by atoms with Gasteiger partial charge in [0.2, 0.25) is 0 Å². The minimum atomic E-state index is -0.436. The van der Waals surface area contributed by atoms with Gasteiger partial charge in [-0.2, -0.15) is 0 Å². The summed E-state index contributed by atoms with van der Waals surface area (Å²) in [5, 5.41) is 0. The Morgan fingerprint density at radius 1 is 1.25 bits per heavy atom. The number of rotatable bonds is 2. The topological polar surface area (TPSA) is 75.3 Å². The third kappa shape index (κ3) is 2.40. The SMILES string of the molecule is CN(c1cc2[nH]c(=O)oc2cc1N)C1CCCCCC1. The number of nitrogens with one attached hydrogen (secondary N) is 1. The molecule has 1 heterocycles. The monoisotopic (exact) mass is 275 g/mol. The van der Waals surface area contributed by atoms with Crippen molar-refractivity contribution in [3.05, 3.63) is 22.7 Å². The molecular formula is C15H21N3O2. The zero-order valence-electron chi connectivity index (χ0n) is 11.8. The second-order valence-corrected chi connectivity index (χ2v) is 5.68. The molecule has 1 fully saturated rings. The first kappa shape index (κ1) is 13.1. The summed E-state index contributed by atoms with van der Waals surface area (Å²) in [5.41, 5.74) is 8.98. The van der Waals surface area contributed by atoms with E-state index < -0.39 is 5.76 Å². The van der Waals surface area contributed by atoms with E-state index >= 15 is 0 Å². The molecule has 0 aliphatic heterocycles. The van der Waals surface area contributed by atoms with E-state index in [0.717, 1.165) is 5.69 Å². The highest BCUT2D eigenvalue weighted by Crippen LogP contribution is 2.31. The van der Waals surface area contributed by atoms with E-state index in [1.165, 1.54) is 38.5 Å². The minimum absolute atomic E-state index is 0.436. The van der Waals surface area contributed by atoms with Gasteiger partial charge < -0.3 is 15.1 Å². The van der Waals surface area contributed by atoms with Gasteiger partial charge in [-0.25, -0.2) is 4.79 Å². The number of aromatic nitrogens is 1. The Hall–Kier alpha value is -1.91. The van der Waals surface area contributed by atoms with Crippen LogP contribution in [-0.4, -0.2) is 18.1 Å². The number of aromatic amines is 1. The molecule has 0 spiro atoms. The maximum atomic E-state index is 11.3. The van der Waals surface area contributed by atoms with E-state index in [1.54, 1.807) is 6.07 Å². The maximum absolute atomic E-state index is 11.3. The third-order valence-electron chi connectivity index (χ3n) is 4.32. The van der Waals surface area contributed by atoms with Crippen LogP contribution in [0.3, 0.4) is 0 Å². The fraction of sp³-hybridized carbons (Fsp3) is 0.533. The van der Waals surface area contributed by atoms with Crippen molar-refractivity contribution in [1.29, 1.82) is 0 Å². The number of nitrogen functional groups attached to an aromatic ring is 1. The van der Waals surface area contributed by atoms with Crippen molar-refractivity contribution in [3.63, 3.8) is 0 Å². The Kier molecular flexibility index (Phi) is 3.42. The van der Waals surface area contributed by atoms with E-state index in [1.807, 2.05) is 6.07 Å². The van der Waals surface area contributed by atoms with Gasteiger partial charge in [0.05, 0.1) is 16.9 Å². The summed E-state index contributed by atoms with van der Waals surface area (Å²) >= 11 is 0. The number of nitrogens with zero attached hydrogens (tertiary/aromatic N) is 1. The Morgan fingerprint density at radius 2 is 1.95 bits per heavy atom. The highest BCUT2D eigenvalue weighted by Gasteiger charge is 2.19. The van der Waals surface area contributed by atoms with E-state index in [4.69, 9.17) is 10.2 Å². The Labute approximate surface area is 117 Å². The van der Waals surface area contributed by atoms with Crippen molar-refractivity contribution in [2.45, 2.75) is 44.6 Å². The molecule has 0 bridgehead atoms. The van der Waals surface area contributed by atoms with Gasteiger partial charge in [-0.3, -0.25) is 4.98 Å². The first-order valence-electron chi connectivity index (χ1n) is 7.30. The number of fused-ring (bicyclic) bond motifs is 1. The molecule has 1 saturated carbocycles. The van der Waals surface area contributed by atoms with Crippen LogP contribution < -0.4 is 16.4 Å². The van der Waals surface area contributed by atoms with Crippen LogP contribution >= 0.6 is 0 Å². The number of hydrogen-bond acceptors (Lipinski definition) is 4. The van der Waals surface area contributed by atoms with E-state index in [9.17, 15) is 4.79 Å². The maximum Gasteiger partial charge on any atom is 0.417 e.